The topological polar surface area (TPSA) is 82.5 Å². The zero-order chi connectivity index (χ0) is 33.4. The number of amides is 2. The van der Waals surface area contributed by atoms with Crippen LogP contribution in [0.15, 0.2) is 71.7 Å². The average Bonchev–Trinajstić information content (AvgIpc) is 3.41. The molecule has 0 spiro atoms. The van der Waals surface area contributed by atoms with Gasteiger partial charge in [0.1, 0.15) is 17.6 Å². The molecule has 3 aromatic rings. The number of rotatable bonds is 7. The van der Waals surface area contributed by atoms with E-state index < -0.39 is 45.1 Å². The first-order valence-electron chi connectivity index (χ1n) is 14.7. The molecule has 0 aliphatic carbocycles. The molecule has 2 heterocycles. The fourth-order valence-corrected chi connectivity index (χ4v) is 7.12. The van der Waals surface area contributed by atoms with Gasteiger partial charge in [0, 0.05) is 36.2 Å². The van der Waals surface area contributed by atoms with Gasteiger partial charge in [-0.25, -0.2) is 13.2 Å². The fourth-order valence-electron chi connectivity index (χ4n) is 5.60. The summed E-state index contributed by atoms with van der Waals surface area (Å²) in [6.45, 7) is 5.36. The average molecular weight is 698 g/mol. The van der Waals surface area contributed by atoms with Gasteiger partial charge in [-0.3, -0.25) is 9.89 Å². The molecule has 14 heteroatoms. The minimum atomic E-state index is -4.62. The van der Waals surface area contributed by atoms with E-state index in [1.165, 1.54) is 15.3 Å². The first-order valence-corrected chi connectivity index (χ1v) is 17.0. The van der Waals surface area contributed by atoms with Gasteiger partial charge in [0.25, 0.3) is 0 Å². The summed E-state index contributed by atoms with van der Waals surface area (Å²) >= 11 is 12.4. The minimum absolute atomic E-state index is 0.0725. The molecular formula is C32H33Cl2F3N4O4S. The van der Waals surface area contributed by atoms with Gasteiger partial charge in [-0.1, -0.05) is 47.5 Å². The first-order chi connectivity index (χ1) is 21.7. The van der Waals surface area contributed by atoms with E-state index in [1.807, 2.05) is 0 Å². The lowest BCUT2D eigenvalue weighted by molar-refractivity contribution is -0.137. The van der Waals surface area contributed by atoms with Crippen molar-refractivity contribution < 1.29 is 31.1 Å². The molecule has 0 saturated carbocycles. The zero-order valence-corrected chi connectivity index (χ0v) is 27.7. The Kier molecular flexibility index (Phi) is 9.93. The number of piperazine rings is 1. The maximum atomic E-state index is 14.6. The van der Waals surface area contributed by atoms with E-state index >= 15 is 0 Å². The molecule has 0 radical (unpaired) electrons. The second-order valence-electron chi connectivity index (χ2n) is 11.2. The van der Waals surface area contributed by atoms with Crippen LogP contribution >= 0.6 is 23.2 Å². The van der Waals surface area contributed by atoms with Crippen molar-refractivity contribution in [3.63, 3.8) is 0 Å². The number of nitrogens with zero attached hydrogens (tertiary/aromatic N) is 4. The Hall–Kier alpha value is -3.32. The Balaban J connectivity index is 1.64. The number of urea groups is 1. The molecule has 0 aromatic heterocycles. The highest BCUT2D eigenvalue weighted by Gasteiger charge is 2.46. The lowest BCUT2D eigenvalue weighted by Crippen LogP contribution is -2.55. The quantitative estimate of drug-likeness (QED) is 0.257. The van der Waals surface area contributed by atoms with Crippen LogP contribution in [0.5, 0.6) is 5.75 Å². The normalized spacial score (nSPS) is 19.5. The maximum Gasteiger partial charge on any atom is 0.416 e. The van der Waals surface area contributed by atoms with Gasteiger partial charge in [0.2, 0.25) is 10.0 Å². The van der Waals surface area contributed by atoms with Crippen molar-refractivity contribution in [2.75, 3.05) is 32.8 Å². The van der Waals surface area contributed by atoms with E-state index in [0.717, 1.165) is 17.7 Å². The van der Waals surface area contributed by atoms with E-state index in [4.69, 9.17) is 32.9 Å². The highest BCUT2D eigenvalue weighted by atomic mass is 35.5. The third kappa shape index (κ3) is 6.85. The Morgan fingerprint density at radius 2 is 1.50 bits per heavy atom. The molecule has 2 amide bonds. The van der Waals surface area contributed by atoms with Gasteiger partial charge < -0.3 is 9.64 Å². The van der Waals surface area contributed by atoms with Gasteiger partial charge >= 0.3 is 12.2 Å². The summed E-state index contributed by atoms with van der Waals surface area (Å²) in [5.74, 6) is 0.0487. The van der Waals surface area contributed by atoms with Crippen LogP contribution in [0.4, 0.5) is 18.0 Å². The van der Waals surface area contributed by atoms with Gasteiger partial charge in [-0.05, 0) is 74.4 Å². The molecule has 8 nitrogen and oxygen atoms in total. The smallest absolute Gasteiger partial charge is 0.416 e. The number of ether oxygens (including phenoxy) is 1. The Labute approximate surface area is 276 Å². The molecule has 2 aliphatic heterocycles. The monoisotopic (exact) mass is 696 g/mol. The van der Waals surface area contributed by atoms with Crippen molar-refractivity contribution in [1.29, 1.82) is 0 Å². The predicted molar refractivity (Wildman–Crippen MR) is 172 cm³/mol. The highest BCUT2D eigenvalue weighted by molar-refractivity contribution is 7.89. The summed E-state index contributed by atoms with van der Waals surface area (Å²) in [7, 11) is -3.53. The summed E-state index contributed by atoms with van der Waals surface area (Å²) in [6, 6.07) is 15.1. The number of hydrogen-bond acceptors (Lipinski definition) is 5. The summed E-state index contributed by atoms with van der Waals surface area (Å²) in [6.07, 6.45) is -4.62. The molecule has 5 rings (SSSR count). The number of hydrogen-bond donors (Lipinski definition) is 0. The van der Waals surface area contributed by atoms with E-state index in [-0.39, 0.29) is 49.9 Å². The van der Waals surface area contributed by atoms with Gasteiger partial charge in [0.05, 0.1) is 29.0 Å². The second kappa shape index (κ2) is 13.4. The molecule has 3 aromatic carbocycles. The van der Waals surface area contributed by atoms with E-state index in [9.17, 15) is 26.4 Å². The van der Waals surface area contributed by atoms with E-state index in [2.05, 4.69) is 0 Å². The number of carbonyl (C=O) groups is 1. The van der Waals surface area contributed by atoms with Crippen LogP contribution in [0, 0.1) is 0 Å². The van der Waals surface area contributed by atoms with Crippen molar-refractivity contribution in [1.82, 2.24) is 14.1 Å². The van der Waals surface area contributed by atoms with Crippen molar-refractivity contribution in [2.45, 2.75) is 44.3 Å². The van der Waals surface area contributed by atoms with Crippen molar-refractivity contribution >= 4 is 45.1 Å². The number of aliphatic imine (C=N–C) groups is 1. The Morgan fingerprint density at radius 1 is 0.935 bits per heavy atom. The minimum Gasteiger partial charge on any atom is -0.493 e. The number of carbonyl (C=O) groups excluding carboxylic acids is 1. The molecule has 1 saturated heterocycles. The molecule has 246 valence electrons. The van der Waals surface area contributed by atoms with Crippen LogP contribution in [0.25, 0.3) is 0 Å². The van der Waals surface area contributed by atoms with Crippen molar-refractivity contribution in [3.05, 3.63) is 99.0 Å². The van der Waals surface area contributed by atoms with E-state index in [1.54, 1.807) is 74.2 Å². The first kappa shape index (κ1) is 34.0. The standard InChI is InChI=1S/C32H33Cl2F3N4O4S/c1-4-45-27-19-23(32(35,36)37)9-14-26(27)30-38-28(21-5-10-24(33)11-6-21)29(22-7-12-25(34)13-8-22)41(30)31(42)39-15-17-40(18-16-39)46(43,44)20(2)3/h5-14,19-20,28-29H,4,15-18H2,1-3H3/t28-,29-/m0/s1. The van der Waals surface area contributed by atoms with Gasteiger partial charge in [-0.2, -0.15) is 17.5 Å². The molecule has 0 bridgehead atoms. The third-order valence-corrected chi connectivity index (χ3v) is 10.8. The molecular weight excluding hydrogens is 664 g/mol. The van der Waals surface area contributed by atoms with Gasteiger partial charge in [-0.15, -0.1) is 0 Å². The Morgan fingerprint density at radius 3 is 2.02 bits per heavy atom. The molecule has 46 heavy (non-hydrogen) atoms. The van der Waals surface area contributed by atoms with Crippen LogP contribution in [0.3, 0.4) is 0 Å². The lowest BCUT2D eigenvalue weighted by Gasteiger charge is -2.39. The number of alkyl halides is 3. The van der Waals surface area contributed by atoms with Crippen LogP contribution in [0.1, 0.15) is 55.1 Å². The predicted octanol–water partition coefficient (Wildman–Crippen LogP) is 7.43. The van der Waals surface area contributed by atoms with E-state index in [0.29, 0.717) is 15.6 Å². The van der Waals surface area contributed by atoms with Gasteiger partial charge in [0.15, 0.2) is 0 Å². The summed E-state index contributed by atoms with van der Waals surface area (Å²) in [4.78, 5) is 22.6. The largest absolute Gasteiger partial charge is 0.493 e. The number of amidine groups is 1. The number of benzene rings is 3. The maximum absolute atomic E-state index is 14.6. The Bertz CT molecular complexity index is 1710. The highest BCUT2D eigenvalue weighted by Crippen LogP contribution is 2.46. The molecule has 0 unspecified atom stereocenters. The zero-order valence-electron chi connectivity index (χ0n) is 25.3. The van der Waals surface area contributed by atoms with Crippen molar-refractivity contribution in [2.24, 2.45) is 4.99 Å². The molecule has 2 aliphatic rings. The summed E-state index contributed by atoms with van der Waals surface area (Å²) < 4.78 is 73.9. The molecule has 1 fully saturated rings. The summed E-state index contributed by atoms with van der Waals surface area (Å²) in [5.41, 5.74) is 0.707. The molecule has 0 N–H and O–H groups in total. The van der Waals surface area contributed by atoms with Crippen molar-refractivity contribution in [3.8, 4) is 5.75 Å². The van der Waals surface area contributed by atoms with Crippen LogP contribution in [-0.4, -0.2) is 72.4 Å². The summed E-state index contributed by atoms with van der Waals surface area (Å²) in [5, 5.41) is 0.364. The third-order valence-electron chi connectivity index (χ3n) is 8.01. The second-order valence-corrected chi connectivity index (χ2v) is 14.6. The number of halogens is 5. The van der Waals surface area contributed by atoms with Crippen LogP contribution < -0.4 is 4.74 Å². The van der Waals surface area contributed by atoms with Crippen LogP contribution in [0.2, 0.25) is 10.0 Å². The fraction of sp³-hybridized carbons (Fsp3) is 0.375. The SMILES string of the molecule is CCOc1cc(C(F)(F)F)ccc1C1=N[C@@H](c2ccc(Cl)cc2)[C@H](c2ccc(Cl)cc2)N1C(=O)N1CCN(S(=O)(=O)C(C)C)CC1. The number of sulfonamides is 1. The lowest BCUT2D eigenvalue weighted by atomic mass is 9.93. The van der Waals surface area contributed by atoms with Crippen LogP contribution in [-0.2, 0) is 16.2 Å². The molecule has 2 atom stereocenters.